The molecule has 0 aliphatic heterocycles. The van der Waals surface area contributed by atoms with Gasteiger partial charge in [0.15, 0.2) is 0 Å². The smallest absolute Gasteiger partial charge is 0.240 e. The van der Waals surface area contributed by atoms with E-state index in [9.17, 15) is 8.42 Å². The van der Waals surface area contributed by atoms with Gasteiger partial charge in [0.1, 0.15) is 11.5 Å². The first kappa shape index (κ1) is 20.7. The molecule has 0 atom stereocenters. The van der Waals surface area contributed by atoms with Gasteiger partial charge in [-0.15, -0.1) is 0 Å². The highest BCUT2D eigenvalue weighted by atomic mass is 79.9. The van der Waals surface area contributed by atoms with E-state index in [-0.39, 0.29) is 11.0 Å². The average molecular weight is 442 g/mol. The van der Waals surface area contributed by atoms with Gasteiger partial charge in [0.25, 0.3) is 0 Å². The van der Waals surface area contributed by atoms with Crippen molar-refractivity contribution in [1.82, 2.24) is 4.72 Å². The number of benzene rings is 2. The van der Waals surface area contributed by atoms with Crippen LogP contribution in [0, 0.1) is 0 Å². The molecule has 0 aromatic heterocycles. The third-order valence-electron chi connectivity index (χ3n) is 3.64. The van der Waals surface area contributed by atoms with Gasteiger partial charge in [0.2, 0.25) is 10.0 Å². The number of hydrogen-bond acceptors (Lipinski definition) is 4. The lowest BCUT2D eigenvalue weighted by molar-refractivity contribution is 0.242. The second kappa shape index (κ2) is 9.39. The zero-order valence-corrected chi connectivity index (χ0v) is 17.6. The Hall–Kier alpha value is -1.57. The fraction of sp³-hybridized carbons (Fsp3) is 0.368. The molecule has 5 nitrogen and oxygen atoms in total. The minimum absolute atomic E-state index is 0.126. The van der Waals surface area contributed by atoms with E-state index in [2.05, 4.69) is 20.7 Å². The van der Waals surface area contributed by atoms with Crippen LogP contribution in [0.5, 0.6) is 11.5 Å². The van der Waals surface area contributed by atoms with Crippen LogP contribution < -0.4 is 14.2 Å². The van der Waals surface area contributed by atoms with Crippen molar-refractivity contribution in [3.05, 3.63) is 52.5 Å². The molecule has 1 N–H and O–H groups in total. The predicted octanol–water partition coefficient (Wildman–Crippen LogP) is 4.16. The van der Waals surface area contributed by atoms with Crippen molar-refractivity contribution in [1.29, 1.82) is 0 Å². The SMILES string of the molecule is COc1ccc(S(=O)(=O)NCCCc2cccc(OC(C)C)c2)cc1Br. The Morgan fingerprint density at radius 1 is 1.15 bits per heavy atom. The van der Waals surface area contributed by atoms with E-state index in [1.807, 2.05) is 38.1 Å². The van der Waals surface area contributed by atoms with Crippen molar-refractivity contribution in [3.63, 3.8) is 0 Å². The van der Waals surface area contributed by atoms with Gasteiger partial charge in [0, 0.05) is 6.54 Å². The van der Waals surface area contributed by atoms with Crippen LogP contribution in [-0.2, 0) is 16.4 Å². The van der Waals surface area contributed by atoms with Crippen molar-refractivity contribution in [2.75, 3.05) is 13.7 Å². The Bertz CT molecular complexity index is 837. The Morgan fingerprint density at radius 2 is 1.92 bits per heavy atom. The van der Waals surface area contributed by atoms with Gasteiger partial charge in [0.05, 0.1) is 22.6 Å². The van der Waals surface area contributed by atoms with Crippen LogP contribution in [0.25, 0.3) is 0 Å². The number of halogens is 1. The maximum absolute atomic E-state index is 12.4. The summed E-state index contributed by atoms with van der Waals surface area (Å²) in [5.74, 6) is 1.42. The summed E-state index contributed by atoms with van der Waals surface area (Å²) in [6, 6.07) is 12.6. The number of aryl methyl sites for hydroxylation is 1. The van der Waals surface area contributed by atoms with E-state index in [1.165, 1.54) is 19.2 Å². The summed E-state index contributed by atoms with van der Waals surface area (Å²) in [5.41, 5.74) is 1.12. The van der Waals surface area contributed by atoms with Gasteiger partial charge in [-0.1, -0.05) is 12.1 Å². The molecule has 2 aromatic rings. The summed E-state index contributed by atoms with van der Waals surface area (Å²) >= 11 is 3.31. The Labute approximate surface area is 163 Å². The van der Waals surface area contributed by atoms with E-state index >= 15 is 0 Å². The van der Waals surface area contributed by atoms with Crippen molar-refractivity contribution < 1.29 is 17.9 Å². The highest BCUT2D eigenvalue weighted by molar-refractivity contribution is 9.10. The van der Waals surface area contributed by atoms with Crippen LogP contribution in [0.1, 0.15) is 25.8 Å². The maximum atomic E-state index is 12.4. The summed E-state index contributed by atoms with van der Waals surface area (Å²) in [7, 11) is -2.01. The molecule has 0 heterocycles. The van der Waals surface area contributed by atoms with Gasteiger partial charge < -0.3 is 9.47 Å². The molecular formula is C19H24BrNO4S. The molecule has 0 bridgehead atoms. The third kappa shape index (κ3) is 6.00. The van der Waals surface area contributed by atoms with Crippen LogP contribution in [-0.4, -0.2) is 28.2 Å². The van der Waals surface area contributed by atoms with Crippen molar-refractivity contribution in [2.45, 2.75) is 37.7 Å². The number of hydrogen-bond donors (Lipinski definition) is 1. The summed E-state index contributed by atoms with van der Waals surface area (Å²) in [4.78, 5) is 0.206. The summed E-state index contributed by atoms with van der Waals surface area (Å²) in [5, 5.41) is 0. The predicted molar refractivity (Wildman–Crippen MR) is 106 cm³/mol. The second-order valence-electron chi connectivity index (χ2n) is 6.11. The number of sulfonamides is 1. The highest BCUT2D eigenvalue weighted by Crippen LogP contribution is 2.27. The van der Waals surface area contributed by atoms with Crippen molar-refractivity contribution in [3.8, 4) is 11.5 Å². The lowest BCUT2D eigenvalue weighted by Gasteiger charge is -2.11. The first-order valence-corrected chi connectivity index (χ1v) is 10.7. The zero-order chi connectivity index (χ0) is 19.2. The molecule has 0 radical (unpaired) electrons. The standard InChI is InChI=1S/C19H24BrNO4S/c1-14(2)25-16-8-4-6-15(12-16)7-5-11-21-26(22,23)17-9-10-19(24-3)18(20)13-17/h4,6,8-10,12-14,21H,5,7,11H2,1-3H3. The molecule has 7 heteroatoms. The molecule has 0 aliphatic rings. The van der Waals surface area contributed by atoms with E-state index in [0.29, 0.717) is 23.2 Å². The van der Waals surface area contributed by atoms with Gasteiger partial charge in [-0.3, -0.25) is 0 Å². The Kier molecular flexibility index (Phi) is 7.49. The Balaban J connectivity index is 1.90. The molecular weight excluding hydrogens is 418 g/mol. The monoisotopic (exact) mass is 441 g/mol. The molecule has 0 saturated carbocycles. The van der Waals surface area contributed by atoms with E-state index in [1.54, 1.807) is 6.07 Å². The van der Waals surface area contributed by atoms with Crippen molar-refractivity contribution >= 4 is 26.0 Å². The topological polar surface area (TPSA) is 64.6 Å². The first-order chi connectivity index (χ1) is 12.3. The molecule has 0 spiro atoms. The molecule has 0 amide bonds. The minimum atomic E-state index is -3.55. The molecule has 2 rings (SSSR count). The number of nitrogens with one attached hydrogen (secondary N) is 1. The number of rotatable bonds is 9. The van der Waals surface area contributed by atoms with Crippen molar-refractivity contribution in [2.24, 2.45) is 0 Å². The normalized spacial score (nSPS) is 11.6. The quantitative estimate of drug-likeness (QED) is 0.593. The highest BCUT2D eigenvalue weighted by Gasteiger charge is 2.15. The fourth-order valence-corrected chi connectivity index (χ4v) is 4.24. The van der Waals surface area contributed by atoms with Gasteiger partial charge in [-0.2, -0.15) is 0 Å². The Morgan fingerprint density at radius 3 is 2.58 bits per heavy atom. The average Bonchev–Trinajstić information content (AvgIpc) is 2.58. The molecule has 142 valence electrons. The number of ether oxygens (including phenoxy) is 2. The van der Waals surface area contributed by atoms with E-state index in [4.69, 9.17) is 9.47 Å². The molecule has 0 aliphatic carbocycles. The van der Waals surface area contributed by atoms with Gasteiger partial charge in [-0.05, 0) is 78.5 Å². The summed E-state index contributed by atoms with van der Waals surface area (Å²) < 4.78 is 38.8. The molecule has 26 heavy (non-hydrogen) atoms. The molecule has 0 unspecified atom stereocenters. The fourth-order valence-electron chi connectivity index (χ4n) is 2.44. The molecule has 0 fully saturated rings. The van der Waals surface area contributed by atoms with Crippen LogP contribution in [0.2, 0.25) is 0 Å². The molecule has 2 aromatic carbocycles. The van der Waals surface area contributed by atoms with Crippen LogP contribution in [0.3, 0.4) is 0 Å². The van der Waals surface area contributed by atoms with Crippen LogP contribution in [0.15, 0.2) is 51.8 Å². The van der Waals surface area contributed by atoms with E-state index < -0.39 is 10.0 Å². The first-order valence-electron chi connectivity index (χ1n) is 8.40. The van der Waals surface area contributed by atoms with Gasteiger partial charge in [-0.25, -0.2) is 13.1 Å². The number of methoxy groups -OCH3 is 1. The lowest BCUT2D eigenvalue weighted by atomic mass is 10.1. The van der Waals surface area contributed by atoms with E-state index in [0.717, 1.165) is 17.7 Å². The summed E-state index contributed by atoms with van der Waals surface area (Å²) in [6.45, 7) is 4.33. The molecule has 0 saturated heterocycles. The van der Waals surface area contributed by atoms with Crippen LogP contribution in [0.4, 0.5) is 0 Å². The minimum Gasteiger partial charge on any atom is -0.496 e. The maximum Gasteiger partial charge on any atom is 0.240 e. The third-order valence-corrected chi connectivity index (χ3v) is 5.72. The van der Waals surface area contributed by atoms with Gasteiger partial charge >= 0.3 is 0 Å². The lowest BCUT2D eigenvalue weighted by Crippen LogP contribution is -2.25. The largest absolute Gasteiger partial charge is 0.496 e. The zero-order valence-electron chi connectivity index (χ0n) is 15.2. The second-order valence-corrected chi connectivity index (χ2v) is 8.73. The van der Waals surface area contributed by atoms with Crippen LogP contribution >= 0.6 is 15.9 Å². The summed E-state index contributed by atoms with van der Waals surface area (Å²) in [6.07, 6.45) is 1.59.